The summed E-state index contributed by atoms with van der Waals surface area (Å²) in [4.78, 5) is 37.8. The molecule has 198 valence electrons. The number of benzene rings is 1. The highest BCUT2D eigenvalue weighted by Gasteiger charge is 2.51. The number of hydrogen-bond acceptors (Lipinski definition) is 6. The minimum atomic E-state index is -1.06. The van der Waals surface area contributed by atoms with Gasteiger partial charge in [-0.3, -0.25) is 4.79 Å². The van der Waals surface area contributed by atoms with Crippen molar-refractivity contribution in [3.63, 3.8) is 0 Å². The van der Waals surface area contributed by atoms with Gasteiger partial charge < -0.3 is 20.1 Å². The zero-order chi connectivity index (χ0) is 26.0. The van der Waals surface area contributed by atoms with E-state index in [0.717, 1.165) is 49.9 Å². The van der Waals surface area contributed by atoms with E-state index in [1.165, 1.54) is 19.3 Å². The van der Waals surface area contributed by atoms with Gasteiger partial charge in [0.2, 0.25) is 6.10 Å². The second-order valence-corrected chi connectivity index (χ2v) is 11.6. The standard InChI is InChI=1S/C29H37N3O5/c1-2-36-26(33)22-8-6-21(7-9-22)25(17-30)37-27(34)23-4-3-5-24(13-23)31-28(35)32-29-14-18-10-19(15-29)12-20(11-18)16-29/h6-9,18-20,23-25H,2-5,10-16H2,1H3,(H2,31,32,35). The lowest BCUT2D eigenvalue weighted by Crippen LogP contribution is -2.62. The van der Waals surface area contributed by atoms with Crippen LogP contribution in [-0.2, 0) is 14.3 Å². The molecule has 3 atom stereocenters. The van der Waals surface area contributed by atoms with Crippen molar-refractivity contribution in [2.75, 3.05) is 6.61 Å². The van der Waals surface area contributed by atoms with E-state index in [2.05, 4.69) is 10.6 Å². The number of carbonyl (C=O) groups excluding carboxylic acids is 3. The third kappa shape index (κ3) is 5.76. The van der Waals surface area contributed by atoms with Crippen molar-refractivity contribution in [1.82, 2.24) is 10.6 Å². The Balaban J connectivity index is 1.13. The van der Waals surface area contributed by atoms with E-state index in [1.807, 2.05) is 6.07 Å². The molecule has 0 spiro atoms. The molecule has 5 saturated carbocycles. The number of urea groups is 1. The second-order valence-electron chi connectivity index (χ2n) is 11.6. The van der Waals surface area contributed by atoms with Gasteiger partial charge in [0, 0.05) is 17.1 Å². The predicted molar refractivity (Wildman–Crippen MR) is 135 cm³/mol. The molecular weight excluding hydrogens is 470 g/mol. The Morgan fingerprint density at radius 3 is 2.27 bits per heavy atom. The molecule has 37 heavy (non-hydrogen) atoms. The van der Waals surface area contributed by atoms with Crippen molar-refractivity contribution in [3.05, 3.63) is 35.4 Å². The molecule has 2 amide bonds. The first-order valence-corrected chi connectivity index (χ1v) is 13.8. The number of nitriles is 1. The average molecular weight is 508 g/mol. The first-order valence-electron chi connectivity index (χ1n) is 13.8. The molecule has 4 bridgehead atoms. The van der Waals surface area contributed by atoms with Crippen molar-refractivity contribution >= 4 is 18.0 Å². The van der Waals surface area contributed by atoms with Gasteiger partial charge in [0.25, 0.3) is 0 Å². The fourth-order valence-electron chi connectivity index (χ4n) is 7.65. The summed E-state index contributed by atoms with van der Waals surface area (Å²) < 4.78 is 10.6. The first kappa shape index (κ1) is 25.6. The number of nitrogens with zero attached hydrogens (tertiary/aromatic N) is 1. The van der Waals surface area contributed by atoms with Crippen LogP contribution >= 0.6 is 0 Å². The molecule has 0 aromatic heterocycles. The third-order valence-electron chi connectivity index (χ3n) is 8.84. The van der Waals surface area contributed by atoms with Crippen LogP contribution in [0.4, 0.5) is 4.79 Å². The molecule has 2 N–H and O–H groups in total. The van der Waals surface area contributed by atoms with Gasteiger partial charge in [-0.25, -0.2) is 9.59 Å². The van der Waals surface area contributed by atoms with E-state index in [0.29, 0.717) is 24.0 Å². The maximum atomic E-state index is 13.0. The Morgan fingerprint density at radius 1 is 1.03 bits per heavy atom. The normalized spacial score (nSPS) is 32.6. The largest absolute Gasteiger partial charge is 0.462 e. The van der Waals surface area contributed by atoms with Gasteiger partial charge in [0.05, 0.1) is 18.1 Å². The molecular formula is C29H37N3O5. The molecule has 0 saturated heterocycles. The zero-order valence-electron chi connectivity index (χ0n) is 21.5. The Bertz CT molecular complexity index is 1030. The lowest BCUT2D eigenvalue weighted by molar-refractivity contribution is -0.153. The van der Waals surface area contributed by atoms with Crippen LogP contribution in [-0.4, -0.2) is 36.2 Å². The van der Waals surface area contributed by atoms with Gasteiger partial charge in [-0.2, -0.15) is 5.26 Å². The summed E-state index contributed by atoms with van der Waals surface area (Å²) in [6, 6.07) is 8.17. The SMILES string of the molecule is CCOC(=O)c1ccc(C(C#N)OC(=O)C2CCCC(NC(=O)NC34CC5CC(CC(C5)C3)C4)C2)cc1. The van der Waals surface area contributed by atoms with Crippen molar-refractivity contribution in [3.8, 4) is 6.07 Å². The minimum absolute atomic E-state index is 0.0469. The Hall–Kier alpha value is -3.08. The van der Waals surface area contributed by atoms with Crippen molar-refractivity contribution < 1.29 is 23.9 Å². The molecule has 3 unspecified atom stereocenters. The van der Waals surface area contributed by atoms with E-state index in [1.54, 1.807) is 31.2 Å². The molecule has 0 aliphatic heterocycles. The zero-order valence-corrected chi connectivity index (χ0v) is 21.5. The van der Waals surface area contributed by atoms with E-state index in [4.69, 9.17) is 9.47 Å². The highest BCUT2D eigenvalue weighted by Crippen LogP contribution is 2.55. The van der Waals surface area contributed by atoms with Gasteiger partial charge in [-0.05, 0) is 94.6 Å². The number of ether oxygens (including phenoxy) is 2. The minimum Gasteiger partial charge on any atom is -0.462 e. The van der Waals surface area contributed by atoms with Gasteiger partial charge in [-0.15, -0.1) is 0 Å². The van der Waals surface area contributed by atoms with E-state index in [9.17, 15) is 19.6 Å². The fraction of sp³-hybridized carbons (Fsp3) is 0.655. The van der Waals surface area contributed by atoms with Crippen molar-refractivity contribution in [1.29, 1.82) is 5.26 Å². The van der Waals surface area contributed by atoms with Crippen LogP contribution in [0.1, 0.15) is 93.2 Å². The summed E-state index contributed by atoms with van der Waals surface area (Å²) in [7, 11) is 0. The fourth-order valence-corrected chi connectivity index (χ4v) is 7.65. The molecule has 5 fully saturated rings. The van der Waals surface area contributed by atoms with Crippen LogP contribution in [0, 0.1) is 35.0 Å². The predicted octanol–water partition coefficient (Wildman–Crippen LogP) is 4.80. The van der Waals surface area contributed by atoms with Crippen LogP contribution in [0.3, 0.4) is 0 Å². The highest BCUT2D eigenvalue weighted by atomic mass is 16.5. The molecule has 0 radical (unpaired) electrons. The van der Waals surface area contributed by atoms with Crippen LogP contribution in [0.2, 0.25) is 0 Å². The second kappa shape index (κ2) is 10.7. The molecule has 1 aromatic carbocycles. The van der Waals surface area contributed by atoms with Crippen LogP contribution in [0.25, 0.3) is 0 Å². The number of esters is 2. The highest BCUT2D eigenvalue weighted by molar-refractivity contribution is 5.89. The topological polar surface area (TPSA) is 118 Å². The number of nitrogens with one attached hydrogen (secondary N) is 2. The Kier molecular flexibility index (Phi) is 7.41. The Morgan fingerprint density at radius 2 is 1.68 bits per heavy atom. The summed E-state index contributed by atoms with van der Waals surface area (Å²) in [5.41, 5.74) is 0.834. The maximum Gasteiger partial charge on any atom is 0.338 e. The van der Waals surface area contributed by atoms with Gasteiger partial charge >= 0.3 is 18.0 Å². The molecule has 8 nitrogen and oxygen atoms in total. The van der Waals surface area contributed by atoms with Crippen LogP contribution in [0.15, 0.2) is 24.3 Å². The summed E-state index contributed by atoms with van der Waals surface area (Å²) in [5, 5.41) is 16.1. The molecule has 6 rings (SSSR count). The Labute approximate surface area is 218 Å². The van der Waals surface area contributed by atoms with Gasteiger partial charge in [-0.1, -0.05) is 18.6 Å². The third-order valence-corrected chi connectivity index (χ3v) is 8.84. The van der Waals surface area contributed by atoms with Gasteiger partial charge in [0.1, 0.15) is 6.07 Å². The average Bonchev–Trinajstić information content (AvgIpc) is 2.86. The van der Waals surface area contributed by atoms with Crippen molar-refractivity contribution in [2.24, 2.45) is 23.7 Å². The van der Waals surface area contributed by atoms with E-state index < -0.39 is 18.0 Å². The maximum absolute atomic E-state index is 13.0. The number of carbonyl (C=O) groups is 3. The lowest BCUT2D eigenvalue weighted by atomic mass is 9.53. The van der Waals surface area contributed by atoms with Gasteiger partial charge in [0.15, 0.2) is 0 Å². The van der Waals surface area contributed by atoms with Crippen LogP contribution in [0.5, 0.6) is 0 Å². The lowest BCUT2D eigenvalue weighted by Gasteiger charge is -2.56. The number of rotatable bonds is 7. The van der Waals surface area contributed by atoms with E-state index >= 15 is 0 Å². The first-order chi connectivity index (χ1) is 17.9. The quantitative estimate of drug-likeness (QED) is 0.512. The molecule has 8 heteroatoms. The molecule has 0 heterocycles. The smallest absolute Gasteiger partial charge is 0.338 e. The van der Waals surface area contributed by atoms with Crippen LogP contribution < -0.4 is 10.6 Å². The monoisotopic (exact) mass is 507 g/mol. The summed E-state index contributed by atoms with van der Waals surface area (Å²) in [6.07, 6.45) is 9.05. The molecule has 5 aliphatic rings. The molecule has 1 aromatic rings. The molecule has 5 aliphatic carbocycles. The number of amides is 2. The summed E-state index contributed by atoms with van der Waals surface area (Å²) in [5.74, 6) is 1.05. The van der Waals surface area contributed by atoms with E-state index in [-0.39, 0.29) is 30.1 Å². The summed E-state index contributed by atoms with van der Waals surface area (Å²) >= 11 is 0. The number of hydrogen-bond donors (Lipinski definition) is 2. The summed E-state index contributed by atoms with van der Waals surface area (Å²) in [6.45, 7) is 2.01. The van der Waals surface area contributed by atoms with Crippen molar-refractivity contribution in [2.45, 2.75) is 88.8 Å².